The Labute approximate surface area is 102 Å². The van der Waals surface area contributed by atoms with E-state index in [-0.39, 0.29) is 5.69 Å². The zero-order valence-corrected chi connectivity index (χ0v) is 10.6. The van der Waals surface area contributed by atoms with E-state index in [2.05, 4.69) is 15.9 Å². The second-order valence-electron chi connectivity index (χ2n) is 3.62. The fourth-order valence-corrected chi connectivity index (χ4v) is 2.08. The quantitative estimate of drug-likeness (QED) is 0.681. The second kappa shape index (κ2) is 5.27. The highest BCUT2D eigenvalue weighted by Crippen LogP contribution is 2.29. The van der Waals surface area contributed by atoms with Crippen LogP contribution >= 0.6 is 15.9 Å². The van der Waals surface area contributed by atoms with Crippen LogP contribution in [0.4, 0.5) is 11.4 Å². The van der Waals surface area contributed by atoms with Crippen LogP contribution in [0.5, 0.6) is 0 Å². The maximum atomic E-state index is 10.5. The number of anilines is 1. The minimum Gasteiger partial charge on any atom is -0.392 e. The van der Waals surface area contributed by atoms with Crippen LogP contribution in [-0.2, 0) is 0 Å². The molecule has 1 atom stereocenters. The molecule has 1 aromatic carbocycles. The molecule has 5 nitrogen and oxygen atoms in total. The summed E-state index contributed by atoms with van der Waals surface area (Å²) in [4.78, 5) is 11.9. The average molecular weight is 289 g/mol. The van der Waals surface area contributed by atoms with Crippen LogP contribution in [-0.4, -0.2) is 29.7 Å². The van der Waals surface area contributed by atoms with Crippen LogP contribution in [0, 0.1) is 10.1 Å². The van der Waals surface area contributed by atoms with Gasteiger partial charge < -0.3 is 10.0 Å². The number of nitro benzene ring substituents is 1. The molecular formula is C10H13BrN2O3. The van der Waals surface area contributed by atoms with E-state index in [9.17, 15) is 15.2 Å². The molecule has 88 valence electrons. The Bertz CT molecular complexity index is 396. The van der Waals surface area contributed by atoms with Crippen molar-refractivity contribution in [2.45, 2.75) is 13.0 Å². The lowest BCUT2D eigenvalue weighted by Crippen LogP contribution is -2.27. The summed E-state index contributed by atoms with van der Waals surface area (Å²) in [5, 5.41) is 19.8. The molecule has 0 aliphatic rings. The third-order valence-corrected chi connectivity index (χ3v) is 2.73. The lowest BCUT2D eigenvalue weighted by molar-refractivity contribution is -0.384. The zero-order chi connectivity index (χ0) is 12.3. The van der Waals surface area contributed by atoms with E-state index in [0.717, 1.165) is 5.69 Å². The number of nitro groups is 1. The van der Waals surface area contributed by atoms with Gasteiger partial charge >= 0.3 is 0 Å². The Morgan fingerprint density at radius 1 is 1.62 bits per heavy atom. The SMILES string of the molecule is CC(O)CN(C)c1ccc([N+](=O)[O-])cc1Br. The highest BCUT2D eigenvalue weighted by Gasteiger charge is 2.12. The summed E-state index contributed by atoms with van der Waals surface area (Å²) in [5.74, 6) is 0. The number of non-ortho nitro benzene ring substituents is 1. The highest BCUT2D eigenvalue weighted by molar-refractivity contribution is 9.10. The second-order valence-corrected chi connectivity index (χ2v) is 4.48. The lowest BCUT2D eigenvalue weighted by Gasteiger charge is -2.21. The van der Waals surface area contributed by atoms with E-state index in [4.69, 9.17) is 0 Å². The summed E-state index contributed by atoms with van der Waals surface area (Å²) < 4.78 is 0.643. The van der Waals surface area contributed by atoms with Gasteiger partial charge in [0.15, 0.2) is 0 Å². The number of likely N-dealkylation sites (N-methyl/N-ethyl adjacent to an activating group) is 1. The maximum absolute atomic E-state index is 10.5. The molecule has 0 radical (unpaired) electrons. The third-order valence-electron chi connectivity index (χ3n) is 2.09. The van der Waals surface area contributed by atoms with Crippen LogP contribution in [0.25, 0.3) is 0 Å². The summed E-state index contributed by atoms with van der Waals surface area (Å²) in [5.41, 5.74) is 0.854. The van der Waals surface area contributed by atoms with E-state index in [1.807, 2.05) is 11.9 Å². The number of benzene rings is 1. The highest BCUT2D eigenvalue weighted by atomic mass is 79.9. The van der Waals surface area contributed by atoms with Gasteiger partial charge in [-0.25, -0.2) is 0 Å². The largest absolute Gasteiger partial charge is 0.392 e. The number of aliphatic hydroxyl groups excluding tert-OH is 1. The van der Waals surface area contributed by atoms with Gasteiger partial charge in [0.1, 0.15) is 0 Å². The van der Waals surface area contributed by atoms with Crippen molar-refractivity contribution in [3.05, 3.63) is 32.8 Å². The first-order valence-corrected chi connectivity index (χ1v) is 5.54. The van der Waals surface area contributed by atoms with Gasteiger partial charge in [0.25, 0.3) is 5.69 Å². The van der Waals surface area contributed by atoms with Gasteiger partial charge in [-0.2, -0.15) is 0 Å². The van der Waals surface area contributed by atoms with Gasteiger partial charge in [0.05, 0.1) is 16.7 Å². The average Bonchev–Trinajstić information content (AvgIpc) is 2.15. The predicted octanol–water partition coefficient (Wildman–Crippen LogP) is 2.17. The van der Waals surface area contributed by atoms with Crippen molar-refractivity contribution in [2.75, 3.05) is 18.5 Å². The van der Waals surface area contributed by atoms with Crippen LogP contribution in [0.3, 0.4) is 0 Å². The molecule has 1 aromatic rings. The molecule has 0 aromatic heterocycles. The van der Waals surface area contributed by atoms with E-state index in [1.54, 1.807) is 13.0 Å². The fraction of sp³-hybridized carbons (Fsp3) is 0.400. The van der Waals surface area contributed by atoms with Gasteiger partial charge in [0, 0.05) is 30.2 Å². The number of hydrogen-bond acceptors (Lipinski definition) is 4. The van der Waals surface area contributed by atoms with Gasteiger partial charge in [-0.15, -0.1) is 0 Å². The topological polar surface area (TPSA) is 66.6 Å². The molecule has 6 heteroatoms. The Balaban J connectivity index is 2.94. The van der Waals surface area contributed by atoms with Crippen molar-refractivity contribution in [1.29, 1.82) is 0 Å². The minimum atomic E-state index is -0.452. The van der Waals surface area contributed by atoms with Gasteiger partial charge in [-0.1, -0.05) is 0 Å². The number of aliphatic hydroxyl groups is 1. The summed E-state index contributed by atoms with van der Waals surface area (Å²) in [7, 11) is 1.82. The van der Waals surface area contributed by atoms with Crippen molar-refractivity contribution < 1.29 is 10.0 Å². The van der Waals surface area contributed by atoms with Crippen molar-refractivity contribution in [1.82, 2.24) is 0 Å². The van der Waals surface area contributed by atoms with E-state index in [1.165, 1.54) is 12.1 Å². The lowest BCUT2D eigenvalue weighted by atomic mass is 10.2. The summed E-state index contributed by atoms with van der Waals surface area (Å²) in [6.45, 7) is 2.16. The molecule has 16 heavy (non-hydrogen) atoms. The van der Waals surface area contributed by atoms with E-state index < -0.39 is 11.0 Å². The Kier molecular flexibility index (Phi) is 4.26. The van der Waals surface area contributed by atoms with Gasteiger partial charge in [0.2, 0.25) is 0 Å². The molecule has 0 spiro atoms. The summed E-state index contributed by atoms with van der Waals surface area (Å²) >= 11 is 3.28. The predicted molar refractivity (Wildman–Crippen MR) is 65.7 cm³/mol. The Morgan fingerprint density at radius 3 is 2.69 bits per heavy atom. The normalized spacial score (nSPS) is 12.2. The Morgan fingerprint density at radius 2 is 2.25 bits per heavy atom. The monoisotopic (exact) mass is 288 g/mol. The molecular weight excluding hydrogens is 276 g/mol. The molecule has 0 aliphatic carbocycles. The standard InChI is InChI=1S/C10H13BrN2O3/c1-7(14)6-12(2)10-4-3-8(13(15)16)5-9(10)11/h3-5,7,14H,6H2,1-2H3. The van der Waals surface area contributed by atoms with Crippen molar-refractivity contribution in [2.24, 2.45) is 0 Å². The first kappa shape index (κ1) is 12.9. The van der Waals surface area contributed by atoms with E-state index >= 15 is 0 Å². The molecule has 0 saturated heterocycles. The number of hydrogen-bond donors (Lipinski definition) is 1. The van der Waals surface area contributed by atoms with Gasteiger partial charge in [-0.05, 0) is 28.9 Å². The van der Waals surface area contributed by atoms with Crippen molar-refractivity contribution in [3.63, 3.8) is 0 Å². The van der Waals surface area contributed by atoms with E-state index in [0.29, 0.717) is 11.0 Å². The van der Waals surface area contributed by atoms with Crippen molar-refractivity contribution >= 4 is 27.3 Å². The fourth-order valence-electron chi connectivity index (χ4n) is 1.41. The maximum Gasteiger partial charge on any atom is 0.270 e. The van der Waals surface area contributed by atoms with Crippen LogP contribution < -0.4 is 4.90 Å². The minimum absolute atomic E-state index is 0.0427. The molecule has 1 unspecified atom stereocenters. The number of nitrogens with zero attached hydrogens (tertiary/aromatic N) is 2. The summed E-state index contributed by atoms with van der Waals surface area (Å²) in [6, 6.07) is 4.55. The smallest absolute Gasteiger partial charge is 0.270 e. The number of rotatable bonds is 4. The van der Waals surface area contributed by atoms with Gasteiger partial charge in [-0.3, -0.25) is 10.1 Å². The van der Waals surface area contributed by atoms with Crippen LogP contribution in [0.2, 0.25) is 0 Å². The summed E-state index contributed by atoms with van der Waals surface area (Å²) in [6.07, 6.45) is -0.452. The molecule has 0 saturated carbocycles. The molecule has 0 amide bonds. The first-order chi connectivity index (χ1) is 7.41. The zero-order valence-electron chi connectivity index (χ0n) is 9.05. The Hall–Kier alpha value is -1.14. The molecule has 0 fully saturated rings. The van der Waals surface area contributed by atoms with Crippen molar-refractivity contribution in [3.8, 4) is 0 Å². The molecule has 1 N–H and O–H groups in total. The molecule has 0 bridgehead atoms. The van der Waals surface area contributed by atoms with Crippen LogP contribution in [0.1, 0.15) is 6.92 Å². The third kappa shape index (κ3) is 3.18. The number of halogens is 1. The molecule has 0 heterocycles. The first-order valence-electron chi connectivity index (χ1n) is 4.75. The van der Waals surface area contributed by atoms with Crippen LogP contribution in [0.15, 0.2) is 22.7 Å². The molecule has 0 aliphatic heterocycles. The molecule has 1 rings (SSSR count).